The second-order valence-corrected chi connectivity index (χ2v) is 4.80. The summed E-state index contributed by atoms with van der Waals surface area (Å²) in [7, 11) is 0. The molecule has 17 heavy (non-hydrogen) atoms. The standard InChI is InChI=1S/C12H21N5/c1-9-5-3-2-4-6-10(9)16-11-7-12(17-13)15-8-14-11/h7-10H,2-6,13H2,1H3,(H2,14,15,16,17). The Balaban J connectivity index is 2.02. The lowest BCUT2D eigenvalue weighted by Gasteiger charge is -2.23. The van der Waals surface area contributed by atoms with Gasteiger partial charge in [0.25, 0.3) is 0 Å². The molecular formula is C12H21N5. The summed E-state index contributed by atoms with van der Waals surface area (Å²) >= 11 is 0. The number of rotatable bonds is 3. The molecule has 1 saturated carbocycles. The smallest absolute Gasteiger partial charge is 0.145 e. The summed E-state index contributed by atoms with van der Waals surface area (Å²) in [6, 6.07) is 2.36. The molecule has 5 heteroatoms. The zero-order chi connectivity index (χ0) is 12.1. The summed E-state index contributed by atoms with van der Waals surface area (Å²) in [4.78, 5) is 8.23. The molecule has 1 heterocycles. The number of nitrogens with zero attached hydrogens (tertiary/aromatic N) is 2. The average Bonchev–Trinajstić information content (AvgIpc) is 2.55. The Morgan fingerprint density at radius 3 is 2.76 bits per heavy atom. The SMILES string of the molecule is CC1CCCCCC1Nc1cc(NN)ncn1. The molecule has 0 spiro atoms. The molecule has 0 amide bonds. The summed E-state index contributed by atoms with van der Waals surface area (Å²) < 4.78 is 0. The predicted octanol–water partition coefficient (Wildman–Crippen LogP) is 2.14. The maximum absolute atomic E-state index is 5.34. The number of anilines is 2. The fourth-order valence-corrected chi connectivity index (χ4v) is 2.41. The van der Waals surface area contributed by atoms with Crippen LogP contribution in [0.3, 0.4) is 0 Å². The van der Waals surface area contributed by atoms with E-state index in [0.29, 0.717) is 17.8 Å². The number of nitrogens with one attached hydrogen (secondary N) is 2. The molecule has 4 N–H and O–H groups in total. The van der Waals surface area contributed by atoms with E-state index in [4.69, 9.17) is 5.84 Å². The van der Waals surface area contributed by atoms with Crippen LogP contribution in [0.1, 0.15) is 39.0 Å². The average molecular weight is 235 g/mol. The van der Waals surface area contributed by atoms with E-state index in [1.807, 2.05) is 6.07 Å². The van der Waals surface area contributed by atoms with Crippen LogP contribution in [0.25, 0.3) is 0 Å². The van der Waals surface area contributed by atoms with Gasteiger partial charge in [-0.1, -0.05) is 26.2 Å². The number of hydrazine groups is 1. The number of nitrogens with two attached hydrogens (primary N) is 1. The normalized spacial score (nSPS) is 25.1. The van der Waals surface area contributed by atoms with Crippen LogP contribution >= 0.6 is 0 Å². The van der Waals surface area contributed by atoms with Gasteiger partial charge in [-0.2, -0.15) is 0 Å². The number of hydrogen-bond acceptors (Lipinski definition) is 5. The van der Waals surface area contributed by atoms with E-state index in [1.165, 1.54) is 38.4 Å². The molecular weight excluding hydrogens is 214 g/mol. The molecule has 0 aromatic carbocycles. The second kappa shape index (κ2) is 5.82. The highest BCUT2D eigenvalue weighted by Crippen LogP contribution is 2.25. The van der Waals surface area contributed by atoms with E-state index in [1.54, 1.807) is 0 Å². The van der Waals surface area contributed by atoms with Gasteiger partial charge < -0.3 is 10.7 Å². The lowest BCUT2D eigenvalue weighted by molar-refractivity contribution is 0.455. The van der Waals surface area contributed by atoms with Crippen LogP contribution < -0.4 is 16.6 Å². The van der Waals surface area contributed by atoms with Gasteiger partial charge in [0.05, 0.1) is 0 Å². The van der Waals surface area contributed by atoms with Gasteiger partial charge in [-0.05, 0) is 18.8 Å². The number of nitrogen functional groups attached to an aromatic ring is 1. The van der Waals surface area contributed by atoms with Gasteiger partial charge in [0, 0.05) is 12.1 Å². The summed E-state index contributed by atoms with van der Waals surface area (Å²) in [5, 5.41) is 3.50. The fourth-order valence-electron chi connectivity index (χ4n) is 2.41. The van der Waals surface area contributed by atoms with Crippen LogP contribution in [0.5, 0.6) is 0 Å². The molecule has 2 unspecified atom stereocenters. The van der Waals surface area contributed by atoms with Gasteiger partial charge in [0.2, 0.25) is 0 Å². The minimum absolute atomic E-state index is 0.512. The minimum atomic E-state index is 0.512. The van der Waals surface area contributed by atoms with Gasteiger partial charge in [-0.15, -0.1) is 0 Å². The van der Waals surface area contributed by atoms with Crippen LogP contribution in [0.15, 0.2) is 12.4 Å². The minimum Gasteiger partial charge on any atom is -0.367 e. The molecule has 5 nitrogen and oxygen atoms in total. The van der Waals surface area contributed by atoms with E-state index >= 15 is 0 Å². The van der Waals surface area contributed by atoms with Crippen LogP contribution in [0.4, 0.5) is 11.6 Å². The van der Waals surface area contributed by atoms with Crippen molar-refractivity contribution in [3.05, 3.63) is 12.4 Å². The maximum atomic E-state index is 5.34. The van der Waals surface area contributed by atoms with Crippen molar-refractivity contribution >= 4 is 11.6 Å². The van der Waals surface area contributed by atoms with E-state index < -0.39 is 0 Å². The van der Waals surface area contributed by atoms with Crippen LogP contribution in [-0.4, -0.2) is 16.0 Å². The van der Waals surface area contributed by atoms with Crippen molar-refractivity contribution in [3.8, 4) is 0 Å². The largest absolute Gasteiger partial charge is 0.367 e. The molecule has 0 saturated heterocycles. The summed E-state index contributed by atoms with van der Waals surface area (Å²) in [5.41, 5.74) is 2.54. The van der Waals surface area contributed by atoms with Crippen molar-refractivity contribution in [1.82, 2.24) is 9.97 Å². The fraction of sp³-hybridized carbons (Fsp3) is 0.667. The first-order valence-electron chi connectivity index (χ1n) is 6.35. The van der Waals surface area contributed by atoms with Crippen LogP contribution in [0.2, 0.25) is 0 Å². The predicted molar refractivity (Wildman–Crippen MR) is 69.5 cm³/mol. The van der Waals surface area contributed by atoms with Crippen molar-refractivity contribution in [1.29, 1.82) is 0 Å². The highest BCUT2D eigenvalue weighted by Gasteiger charge is 2.19. The van der Waals surface area contributed by atoms with E-state index in [-0.39, 0.29) is 0 Å². The van der Waals surface area contributed by atoms with Gasteiger partial charge in [-0.3, -0.25) is 0 Å². The molecule has 1 aromatic rings. The highest BCUT2D eigenvalue weighted by atomic mass is 15.3. The van der Waals surface area contributed by atoms with Crippen molar-refractivity contribution in [2.75, 3.05) is 10.7 Å². The van der Waals surface area contributed by atoms with Crippen molar-refractivity contribution in [2.45, 2.75) is 45.1 Å². The van der Waals surface area contributed by atoms with E-state index in [2.05, 4.69) is 27.6 Å². The second-order valence-electron chi connectivity index (χ2n) is 4.80. The van der Waals surface area contributed by atoms with Crippen LogP contribution in [-0.2, 0) is 0 Å². The van der Waals surface area contributed by atoms with E-state index in [0.717, 1.165) is 5.82 Å². The third-order valence-corrected chi connectivity index (χ3v) is 3.51. The Labute approximate surface area is 102 Å². The summed E-state index contributed by atoms with van der Waals surface area (Å²) in [6.45, 7) is 2.31. The molecule has 0 radical (unpaired) electrons. The van der Waals surface area contributed by atoms with Crippen molar-refractivity contribution in [3.63, 3.8) is 0 Å². The first-order chi connectivity index (χ1) is 8.29. The summed E-state index contributed by atoms with van der Waals surface area (Å²) in [5.74, 6) is 7.53. The van der Waals surface area contributed by atoms with E-state index in [9.17, 15) is 0 Å². The first kappa shape index (κ1) is 12.1. The molecule has 2 atom stereocenters. The number of aromatic nitrogens is 2. The molecule has 1 aliphatic rings. The van der Waals surface area contributed by atoms with Crippen molar-refractivity contribution in [2.24, 2.45) is 11.8 Å². The quantitative estimate of drug-likeness (QED) is 0.425. The molecule has 1 fully saturated rings. The molecule has 0 aliphatic heterocycles. The number of hydrogen-bond donors (Lipinski definition) is 3. The monoisotopic (exact) mass is 235 g/mol. The Kier molecular flexibility index (Phi) is 4.14. The summed E-state index contributed by atoms with van der Waals surface area (Å²) in [6.07, 6.45) is 8.04. The lowest BCUT2D eigenvalue weighted by atomic mass is 9.97. The third-order valence-electron chi connectivity index (χ3n) is 3.51. The lowest BCUT2D eigenvalue weighted by Crippen LogP contribution is -2.26. The van der Waals surface area contributed by atoms with Crippen molar-refractivity contribution < 1.29 is 0 Å². The Morgan fingerprint density at radius 2 is 1.94 bits per heavy atom. The maximum Gasteiger partial charge on any atom is 0.145 e. The molecule has 2 rings (SSSR count). The van der Waals surface area contributed by atoms with Crippen LogP contribution in [0, 0.1) is 5.92 Å². The Hall–Kier alpha value is -1.36. The zero-order valence-electron chi connectivity index (χ0n) is 10.3. The highest BCUT2D eigenvalue weighted by molar-refractivity contribution is 5.46. The molecule has 1 aromatic heterocycles. The zero-order valence-corrected chi connectivity index (χ0v) is 10.3. The van der Waals surface area contributed by atoms with Gasteiger partial charge in [-0.25, -0.2) is 15.8 Å². The topological polar surface area (TPSA) is 75.9 Å². The van der Waals surface area contributed by atoms with Gasteiger partial charge in [0.15, 0.2) is 0 Å². The Bertz CT molecular complexity index is 355. The molecule has 94 valence electrons. The molecule has 0 bridgehead atoms. The third kappa shape index (κ3) is 3.30. The first-order valence-corrected chi connectivity index (χ1v) is 6.35. The van der Waals surface area contributed by atoms with Gasteiger partial charge >= 0.3 is 0 Å². The van der Waals surface area contributed by atoms with Gasteiger partial charge in [0.1, 0.15) is 18.0 Å². The molecule has 1 aliphatic carbocycles. The Morgan fingerprint density at radius 1 is 1.18 bits per heavy atom.